The Labute approximate surface area is 132 Å². The van der Waals surface area contributed by atoms with Gasteiger partial charge in [-0.3, -0.25) is 9.88 Å². The molecule has 1 saturated heterocycles. The molecule has 0 unspecified atom stereocenters. The van der Waals surface area contributed by atoms with Crippen molar-refractivity contribution >= 4 is 0 Å². The summed E-state index contributed by atoms with van der Waals surface area (Å²) in [5, 5.41) is 0. The average Bonchev–Trinajstić information content (AvgIpc) is 3.00. The van der Waals surface area contributed by atoms with Crippen LogP contribution >= 0.6 is 0 Å². The monoisotopic (exact) mass is 324 g/mol. The third-order valence-corrected chi connectivity index (χ3v) is 4.30. The number of alkyl halides is 3. The summed E-state index contributed by atoms with van der Waals surface area (Å²) >= 11 is 0. The van der Waals surface area contributed by atoms with Gasteiger partial charge in [0.15, 0.2) is 0 Å². The SMILES string of the molecule is Cc1ncccc1CN1CCC[C@H](c2ncc(C(F)(F)F)[nH]2)C1. The molecule has 0 aliphatic carbocycles. The van der Waals surface area contributed by atoms with Gasteiger partial charge in [-0.2, -0.15) is 13.2 Å². The van der Waals surface area contributed by atoms with Gasteiger partial charge in [0.2, 0.25) is 0 Å². The Hall–Kier alpha value is -1.89. The van der Waals surface area contributed by atoms with Crippen molar-refractivity contribution in [2.75, 3.05) is 13.1 Å². The Bertz CT molecular complexity index is 665. The van der Waals surface area contributed by atoms with Crippen molar-refractivity contribution < 1.29 is 13.2 Å². The van der Waals surface area contributed by atoms with E-state index in [0.717, 1.165) is 43.4 Å². The predicted octanol–water partition coefficient (Wildman–Crippen LogP) is 3.51. The van der Waals surface area contributed by atoms with Gasteiger partial charge in [0, 0.05) is 30.9 Å². The molecule has 1 atom stereocenters. The van der Waals surface area contributed by atoms with Crippen LogP contribution < -0.4 is 0 Å². The molecule has 0 amide bonds. The van der Waals surface area contributed by atoms with Crippen molar-refractivity contribution in [1.29, 1.82) is 0 Å². The summed E-state index contributed by atoms with van der Waals surface area (Å²) in [4.78, 5) is 12.9. The van der Waals surface area contributed by atoms with Gasteiger partial charge in [-0.15, -0.1) is 0 Å². The molecule has 1 aliphatic heterocycles. The van der Waals surface area contributed by atoms with Gasteiger partial charge in [0.1, 0.15) is 11.5 Å². The quantitative estimate of drug-likeness (QED) is 0.940. The molecule has 3 rings (SSSR count). The summed E-state index contributed by atoms with van der Waals surface area (Å²) in [6.07, 6.45) is 0.0880. The van der Waals surface area contributed by atoms with Crippen LogP contribution in [-0.4, -0.2) is 32.9 Å². The number of rotatable bonds is 3. The van der Waals surface area contributed by atoms with Crippen molar-refractivity contribution in [2.45, 2.75) is 38.4 Å². The number of nitrogens with one attached hydrogen (secondary N) is 1. The number of hydrogen-bond acceptors (Lipinski definition) is 3. The molecule has 7 heteroatoms. The molecular formula is C16H19F3N4. The highest BCUT2D eigenvalue weighted by atomic mass is 19.4. The molecular weight excluding hydrogens is 305 g/mol. The molecule has 0 bridgehead atoms. The van der Waals surface area contributed by atoms with E-state index < -0.39 is 11.9 Å². The fourth-order valence-corrected chi connectivity index (χ4v) is 3.04. The molecule has 3 heterocycles. The smallest absolute Gasteiger partial charge is 0.338 e. The lowest BCUT2D eigenvalue weighted by molar-refractivity contribution is -0.141. The molecule has 2 aromatic rings. The van der Waals surface area contributed by atoms with Gasteiger partial charge in [-0.05, 0) is 37.9 Å². The molecule has 1 N–H and O–H groups in total. The summed E-state index contributed by atoms with van der Waals surface area (Å²) in [6.45, 7) is 4.39. The number of nitrogens with zero attached hydrogens (tertiary/aromatic N) is 3. The highest BCUT2D eigenvalue weighted by molar-refractivity contribution is 5.18. The zero-order chi connectivity index (χ0) is 16.4. The number of H-pyrrole nitrogens is 1. The molecule has 4 nitrogen and oxygen atoms in total. The van der Waals surface area contributed by atoms with E-state index in [4.69, 9.17) is 0 Å². The van der Waals surface area contributed by atoms with Crippen LogP contribution in [-0.2, 0) is 12.7 Å². The highest BCUT2D eigenvalue weighted by Gasteiger charge is 2.34. The average molecular weight is 324 g/mol. The maximum absolute atomic E-state index is 12.7. The Morgan fingerprint density at radius 3 is 2.87 bits per heavy atom. The lowest BCUT2D eigenvalue weighted by atomic mass is 9.97. The van der Waals surface area contributed by atoms with E-state index in [1.165, 1.54) is 0 Å². The molecule has 0 spiro atoms. The van der Waals surface area contributed by atoms with E-state index in [2.05, 4.69) is 19.9 Å². The first kappa shape index (κ1) is 16.0. The van der Waals surface area contributed by atoms with Gasteiger partial charge in [0.05, 0.1) is 6.20 Å². The maximum atomic E-state index is 12.7. The fourth-order valence-electron chi connectivity index (χ4n) is 3.04. The number of aromatic amines is 1. The normalized spacial score (nSPS) is 19.9. The van der Waals surface area contributed by atoms with Crippen molar-refractivity contribution in [3.8, 4) is 0 Å². The molecule has 1 aliphatic rings. The van der Waals surface area contributed by atoms with Gasteiger partial charge in [-0.1, -0.05) is 6.07 Å². The highest BCUT2D eigenvalue weighted by Crippen LogP contribution is 2.31. The summed E-state index contributed by atoms with van der Waals surface area (Å²) in [5.41, 5.74) is 1.38. The Morgan fingerprint density at radius 2 is 2.17 bits per heavy atom. The number of likely N-dealkylation sites (tertiary alicyclic amines) is 1. The number of hydrogen-bond donors (Lipinski definition) is 1. The van der Waals surface area contributed by atoms with Crippen molar-refractivity contribution in [3.63, 3.8) is 0 Å². The Kier molecular flexibility index (Phi) is 4.39. The standard InChI is InChI=1S/C16H19F3N4/c1-11-12(4-2-6-20-11)9-23-7-3-5-13(10-23)15-21-8-14(22-15)16(17,18)19/h2,4,6,8,13H,3,5,7,9-10H2,1H3,(H,21,22)/t13-/m0/s1. The van der Waals surface area contributed by atoms with E-state index in [9.17, 15) is 13.2 Å². The topological polar surface area (TPSA) is 44.8 Å². The van der Waals surface area contributed by atoms with Crippen LogP contribution in [0, 0.1) is 6.92 Å². The number of imidazole rings is 1. The molecule has 23 heavy (non-hydrogen) atoms. The van der Waals surface area contributed by atoms with E-state index in [0.29, 0.717) is 12.4 Å². The molecule has 0 saturated carbocycles. The van der Waals surface area contributed by atoms with Gasteiger partial charge >= 0.3 is 6.18 Å². The van der Waals surface area contributed by atoms with Crippen LogP contribution in [0.15, 0.2) is 24.5 Å². The molecule has 1 fully saturated rings. The number of aryl methyl sites for hydroxylation is 1. The lowest BCUT2D eigenvalue weighted by Crippen LogP contribution is -2.34. The first-order valence-corrected chi connectivity index (χ1v) is 7.68. The van der Waals surface area contributed by atoms with Crippen molar-refractivity contribution in [1.82, 2.24) is 19.9 Å². The molecule has 124 valence electrons. The lowest BCUT2D eigenvalue weighted by Gasteiger charge is -2.32. The first-order chi connectivity index (χ1) is 10.9. The van der Waals surface area contributed by atoms with E-state index in [-0.39, 0.29) is 5.92 Å². The number of piperidine rings is 1. The summed E-state index contributed by atoms with van der Waals surface area (Å²) in [6, 6.07) is 3.95. The zero-order valence-electron chi connectivity index (χ0n) is 12.9. The van der Waals surface area contributed by atoms with Crippen LogP contribution in [0.3, 0.4) is 0 Å². The van der Waals surface area contributed by atoms with Crippen LogP contribution in [0.25, 0.3) is 0 Å². The maximum Gasteiger partial charge on any atom is 0.432 e. The van der Waals surface area contributed by atoms with E-state index in [1.54, 1.807) is 6.20 Å². The third kappa shape index (κ3) is 3.72. The van der Waals surface area contributed by atoms with Gasteiger partial charge < -0.3 is 4.98 Å². The van der Waals surface area contributed by atoms with Crippen molar-refractivity contribution in [3.05, 3.63) is 47.3 Å². The Balaban J connectivity index is 1.69. The van der Waals surface area contributed by atoms with Gasteiger partial charge in [-0.25, -0.2) is 4.98 Å². The minimum Gasteiger partial charge on any atom is -0.338 e. The van der Waals surface area contributed by atoms with E-state index >= 15 is 0 Å². The van der Waals surface area contributed by atoms with Crippen LogP contribution in [0.1, 0.15) is 41.5 Å². The zero-order valence-corrected chi connectivity index (χ0v) is 12.9. The molecule has 2 aromatic heterocycles. The first-order valence-electron chi connectivity index (χ1n) is 7.68. The Morgan fingerprint density at radius 1 is 1.35 bits per heavy atom. The second kappa shape index (κ2) is 6.31. The summed E-state index contributed by atoms with van der Waals surface area (Å²) in [5.74, 6) is 0.446. The second-order valence-electron chi connectivity index (χ2n) is 6.00. The minimum absolute atomic E-state index is 0.0110. The second-order valence-corrected chi connectivity index (χ2v) is 6.00. The molecule has 0 aromatic carbocycles. The molecule has 0 radical (unpaired) electrons. The fraction of sp³-hybridized carbons (Fsp3) is 0.500. The van der Waals surface area contributed by atoms with Crippen molar-refractivity contribution in [2.24, 2.45) is 0 Å². The van der Waals surface area contributed by atoms with Gasteiger partial charge in [0.25, 0.3) is 0 Å². The number of halogens is 3. The number of aromatic nitrogens is 3. The minimum atomic E-state index is -4.37. The van der Waals surface area contributed by atoms with Crippen LogP contribution in [0.4, 0.5) is 13.2 Å². The number of pyridine rings is 1. The summed E-state index contributed by atoms with van der Waals surface area (Å²) < 4.78 is 38.1. The van der Waals surface area contributed by atoms with Crippen LogP contribution in [0.2, 0.25) is 0 Å². The summed E-state index contributed by atoms with van der Waals surface area (Å²) in [7, 11) is 0. The third-order valence-electron chi connectivity index (χ3n) is 4.30. The van der Waals surface area contributed by atoms with E-state index in [1.807, 2.05) is 19.1 Å². The predicted molar refractivity (Wildman–Crippen MR) is 79.8 cm³/mol. The largest absolute Gasteiger partial charge is 0.432 e. The van der Waals surface area contributed by atoms with Crippen LogP contribution in [0.5, 0.6) is 0 Å².